The van der Waals surface area contributed by atoms with E-state index in [-0.39, 0.29) is 21.9 Å². The Balaban J connectivity index is 2.48. The lowest BCUT2D eigenvalue weighted by atomic mass is 9.99. The van der Waals surface area contributed by atoms with Crippen molar-refractivity contribution in [3.63, 3.8) is 0 Å². The second kappa shape index (κ2) is 5.40. The summed E-state index contributed by atoms with van der Waals surface area (Å²) in [5, 5.41) is 3.56. The van der Waals surface area contributed by atoms with Gasteiger partial charge in [0.1, 0.15) is 11.6 Å². The standard InChI is InChI=1S/C14H14FNO4S/c1-8(2)14-11(7-16-20-14)13(17)10-5-4-9(6-12(10)15)21(3,18)19/h4-8H,1-3H3. The van der Waals surface area contributed by atoms with Gasteiger partial charge >= 0.3 is 0 Å². The number of carbonyl (C=O) groups is 1. The van der Waals surface area contributed by atoms with Crippen LogP contribution in [0.3, 0.4) is 0 Å². The van der Waals surface area contributed by atoms with Gasteiger partial charge in [-0.05, 0) is 18.2 Å². The molecule has 0 N–H and O–H groups in total. The van der Waals surface area contributed by atoms with Crippen LogP contribution in [0.1, 0.15) is 41.4 Å². The van der Waals surface area contributed by atoms with Gasteiger partial charge in [0.25, 0.3) is 0 Å². The van der Waals surface area contributed by atoms with Crippen LogP contribution in [-0.2, 0) is 9.84 Å². The van der Waals surface area contributed by atoms with Crippen LogP contribution in [0.2, 0.25) is 0 Å². The monoisotopic (exact) mass is 311 g/mol. The summed E-state index contributed by atoms with van der Waals surface area (Å²) in [7, 11) is -3.53. The first-order chi connectivity index (χ1) is 9.71. The number of hydrogen-bond acceptors (Lipinski definition) is 5. The van der Waals surface area contributed by atoms with E-state index in [1.807, 2.05) is 13.8 Å². The average Bonchev–Trinajstić information content (AvgIpc) is 2.86. The second-order valence-electron chi connectivity index (χ2n) is 5.00. The lowest BCUT2D eigenvalue weighted by Crippen LogP contribution is -2.08. The van der Waals surface area contributed by atoms with Crippen molar-refractivity contribution in [1.82, 2.24) is 5.16 Å². The molecule has 7 heteroatoms. The number of aromatic nitrogens is 1. The highest BCUT2D eigenvalue weighted by Crippen LogP contribution is 2.24. The van der Waals surface area contributed by atoms with Crippen LogP contribution in [0.5, 0.6) is 0 Å². The molecule has 0 aliphatic carbocycles. The predicted octanol–water partition coefficient (Wildman–Crippen LogP) is 2.57. The third-order valence-corrected chi connectivity index (χ3v) is 4.09. The molecule has 0 fully saturated rings. The van der Waals surface area contributed by atoms with E-state index in [1.165, 1.54) is 12.3 Å². The zero-order chi connectivity index (χ0) is 15.8. The minimum Gasteiger partial charge on any atom is -0.360 e. The molecule has 0 amide bonds. The molecular weight excluding hydrogens is 297 g/mol. The van der Waals surface area contributed by atoms with E-state index >= 15 is 0 Å². The quantitative estimate of drug-likeness (QED) is 0.811. The van der Waals surface area contributed by atoms with Crippen molar-refractivity contribution >= 4 is 15.6 Å². The molecule has 2 rings (SSSR count). The summed E-state index contributed by atoms with van der Waals surface area (Å²) in [5.74, 6) is -1.19. The van der Waals surface area contributed by atoms with Gasteiger partial charge in [0.05, 0.1) is 22.2 Å². The first-order valence-corrected chi connectivity index (χ1v) is 8.10. The summed E-state index contributed by atoms with van der Waals surface area (Å²) < 4.78 is 41.7. The Labute approximate surface area is 121 Å². The van der Waals surface area contributed by atoms with Gasteiger partial charge in [0.2, 0.25) is 5.78 Å². The number of hydrogen-bond donors (Lipinski definition) is 0. The number of benzene rings is 1. The average molecular weight is 311 g/mol. The molecule has 0 aliphatic rings. The fraction of sp³-hybridized carbons (Fsp3) is 0.286. The minimum absolute atomic E-state index is 0.0789. The molecule has 2 aromatic rings. The van der Waals surface area contributed by atoms with E-state index in [4.69, 9.17) is 4.52 Å². The maximum Gasteiger partial charge on any atom is 0.201 e. The molecule has 0 unspecified atom stereocenters. The van der Waals surface area contributed by atoms with E-state index in [2.05, 4.69) is 5.16 Å². The highest BCUT2D eigenvalue weighted by atomic mass is 32.2. The summed E-state index contributed by atoms with van der Waals surface area (Å²) in [5.41, 5.74) is -0.0384. The van der Waals surface area contributed by atoms with Crippen molar-refractivity contribution in [3.8, 4) is 0 Å². The largest absolute Gasteiger partial charge is 0.360 e. The van der Waals surface area contributed by atoms with Gasteiger partial charge in [0, 0.05) is 12.2 Å². The molecule has 1 aromatic carbocycles. The van der Waals surface area contributed by atoms with Gasteiger partial charge in [-0.2, -0.15) is 0 Å². The zero-order valence-electron chi connectivity index (χ0n) is 11.8. The smallest absolute Gasteiger partial charge is 0.201 e. The molecule has 0 atom stereocenters. The second-order valence-corrected chi connectivity index (χ2v) is 7.02. The van der Waals surface area contributed by atoms with Crippen LogP contribution in [-0.4, -0.2) is 25.6 Å². The molecule has 1 heterocycles. The van der Waals surface area contributed by atoms with E-state index in [0.717, 1.165) is 18.4 Å². The third kappa shape index (κ3) is 3.02. The van der Waals surface area contributed by atoms with Crippen molar-refractivity contribution in [2.75, 3.05) is 6.26 Å². The van der Waals surface area contributed by atoms with Crippen LogP contribution in [0, 0.1) is 5.82 Å². The van der Waals surface area contributed by atoms with Gasteiger partial charge < -0.3 is 4.52 Å². The Morgan fingerprint density at radius 2 is 1.95 bits per heavy atom. The maximum absolute atomic E-state index is 14.0. The Kier molecular flexibility index (Phi) is 3.95. The number of carbonyl (C=O) groups excluding carboxylic acids is 1. The maximum atomic E-state index is 14.0. The molecule has 0 saturated heterocycles. The van der Waals surface area contributed by atoms with Crippen LogP contribution in [0.15, 0.2) is 33.8 Å². The summed E-state index contributed by atoms with van der Waals surface area (Å²) in [6.07, 6.45) is 2.21. The summed E-state index contributed by atoms with van der Waals surface area (Å²) >= 11 is 0. The first-order valence-electron chi connectivity index (χ1n) is 6.20. The van der Waals surface area contributed by atoms with Gasteiger partial charge in [-0.3, -0.25) is 4.79 Å². The van der Waals surface area contributed by atoms with Crippen LogP contribution in [0.4, 0.5) is 4.39 Å². The number of rotatable bonds is 4. The van der Waals surface area contributed by atoms with Crippen molar-refractivity contribution in [2.24, 2.45) is 0 Å². The molecule has 0 radical (unpaired) electrons. The van der Waals surface area contributed by atoms with E-state index in [1.54, 1.807) is 0 Å². The molecular formula is C14H14FNO4S. The fourth-order valence-electron chi connectivity index (χ4n) is 1.89. The normalized spacial score (nSPS) is 11.9. The van der Waals surface area contributed by atoms with Crippen molar-refractivity contribution in [1.29, 1.82) is 0 Å². The van der Waals surface area contributed by atoms with E-state index in [0.29, 0.717) is 5.76 Å². The summed E-state index contributed by atoms with van der Waals surface area (Å²) in [4.78, 5) is 12.2. The van der Waals surface area contributed by atoms with Gasteiger partial charge in [-0.25, -0.2) is 12.8 Å². The van der Waals surface area contributed by atoms with Gasteiger partial charge in [-0.1, -0.05) is 19.0 Å². The molecule has 21 heavy (non-hydrogen) atoms. The van der Waals surface area contributed by atoms with E-state index in [9.17, 15) is 17.6 Å². The molecule has 0 spiro atoms. The number of ketones is 1. The summed E-state index contributed by atoms with van der Waals surface area (Å²) in [6, 6.07) is 3.20. The number of halogens is 1. The topological polar surface area (TPSA) is 77.2 Å². The third-order valence-electron chi connectivity index (χ3n) is 2.98. The Morgan fingerprint density at radius 1 is 1.29 bits per heavy atom. The Bertz CT molecular complexity index is 793. The molecule has 0 bridgehead atoms. The molecule has 1 aromatic heterocycles. The van der Waals surface area contributed by atoms with Gasteiger partial charge in [0.15, 0.2) is 9.84 Å². The van der Waals surface area contributed by atoms with Crippen LogP contribution in [0.25, 0.3) is 0 Å². The number of sulfone groups is 1. The Morgan fingerprint density at radius 3 is 2.48 bits per heavy atom. The SMILES string of the molecule is CC(C)c1oncc1C(=O)c1ccc(S(C)(=O)=O)cc1F. The van der Waals surface area contributed by atoms with Crippen LogP contribution >= 0.6 is 0 Å². The van der Waals surface area contributed by atoms with Crippen molar-refractivity contribution in [3.05, 3.63) is 47.1 Å². The van der Waals surface area contributed by atoms with Crippen molar-refractivity contribution in [2.45, 2.75) is 24.7 Å². The Hall–Kier alpha value is -2.02. The zero-order valence-corrected chi connectivity index (χ0v) is 12.6. The highest BCUT2D eigenvalue weighted by Gasteiger charge is 2.23. The summed E-state index contributed by atoms with van der Waals surface area (Å²) in [6.45, 7) is 3.64. The molecule has 112 valence electrons. The van der Waals surface area contributed by atoms with E-state index < -0.39 is 21.4 Å². The number of nitrogens with zero attached hydrogens (tertiary/aromatic N) is 1. The lowest BCUT2D eigenvalue weighted by molar-refractivity contribution is 0.103. The highest BCUT2D eigenvalue weighted by molar-refractivity contribution is 7.90. The predicted molar refractivity (Wildman–Crippen MR) is 73.5 cm³/mol. The molecule has 0 saturated carbocycles. The lowest BCUT2D eigenvalue weighted by Gasteiger charge is -2.06. The fourth-order valence-corrected chi connectivity index (χ4v) is 2.52. The molecule has 5 nitrogen and oxygen atoms in total. The molecule has 0 aliphatic heterocycles. The van der Waals surface area contributed by atoms with Crippen molar-refractivity contribution < 1.29 is 22.1 Å². The minimum atomic E-state index is -3.53. The van der Waals surface area contributed by atoms with Gasteiger partial charge in [-0.15, -0.1) is 0 Å². The first kappa shape index (κ1) is 15.4. The van der Waals surface area contributed by atoms with Crippen LogP contribution < -0.4 is 0 Å².